The number of aryl methyl sites for hydroxylation is 1. The smallest absolute Gasteiger partial charge is 0.225 e. The van der Waals surface area contributed by atoms with E-state index in [2.05, 4.69) is 15.5 Å². The van der Waals surface area contributed by atoms with Crippen molar-refractivity contribution in [2.75, 3.05) is 5.32 Å². The second kappa shape index (κ2) is 5.84. The molecule has 1 heterocycles. The highest BCUT2D eigenvalue weighted by Gasteiger charge is 2.15. The van der Waals surface area contributed by atoms with Crippen molar-refractivity contribution in [1.29, 1.82) is 0 Å². The van der Waals surface area contributed by atoms with Crippen LogP contribution in [0.3, 0.4) is 0 Å². The maximum atomic E-state index is 11.7. The lowest BCUT2D eigenvalue weighted by Gasteiger charge is -2.20. The number of hydrogen-bond acceptors (Lipinski definition) is 2. The van der Waals surface area contributed by atoms with Gasteiger partial charge in [-0.1, -0.05) is 32.1 Å². The summed E-state index contributed by atoms with van der Waals surface area (Å²) < 4.78 is 0. The lowest BCUT2D eigenvalue weighted by molar-refractivity contribution is -0.116. The highest BCUT2D eigenvalue weighted by Crippen LogP contribution is 2.27. The zero-order valence-electron chi connectivity index (χ0n) is 10.5. The molecule has 0 unspecified atom stereocenters. The molecule has 2 N–H and O–H groups in total. The molecule has 0 spiro atoms. The van der Waals surface area contributed by atoms with Crippen molar-refractivity contribution < 1.29 is 4.79 Å². The van der Waals surface area contributed by atoms with Crippen molar-refractivity contribution in [3.8, 4) is 0 Å². The minimum Gasteiger partial charge on any atom is -0.311 e. The first-order chi connectivity index (χ1) is 8.25. The van der Waals surface area contributed by atoms with E-state index in [0.717, 1.165) is 23.7 Å². The third-order valence-electron chi connectivity index (χ3n) is 3.60. The van der Waals surface area contributed by atoms with E-state index >= 15 is 0 Å². The standard InChI is InChI=1S/C13H21N3O/c1-10-9-14-16-13(10)15-12(17)8-7-11-5-3-2-4-6-11/h9,11H,2-8H2,1H3,(H2,14,15,16,17). The highest BCUT2D eigenvalue weighted by molar-refractivity contribution is 5.90. The van der Waals surface area contributed by atoms with Crippen LogP contribution in [0, 0.1) is 12.8 Å². The molecule has 0 radical (unpaired) electrons. The molecule has 94 valence electrons. The minimum atomic E-state index is 0.0999. The van der Waals surface area contributed by atoms with E-state index in [1.807, 2.05) is 6.92 Å². The molecule has 0 atom stereocenters. The van der Waals surface area contributed by atoms with Crippen LogP contribution in [-0.2, 0) is 4.79 Å². The van der Waals surface area contributed by atoms with Crippen molar-refractivity contribution in [1.82, 2.24) is 10.2 Å². The number of hydrogen-bond donors (Lipinski definition) is 2. The summed E-state index contributed by atoms with van der Waals surface area (Å²) in [5.74, 6) is 1.60. The van der Waals surface area contributed by atoms with Gasteiger partial charge in [0.25, 0.3) is 0 Å². The van der Waals surface area contributed by atoms with Gasteiger partial charge in [0.15, 0.2) is 0 Å². The average Bonchev–Trinajstić information content (AvgIpc) is 2.74. The zero-order valence-corrected chi connectivity index (χ0v) is 10.5. The van der Waals surface area contributed by atoms with Crippen LogP contribution < -0.4 is 5.32 Å². The Morgan fingerprint density at radius 2 is 2.24 bits per heavy atom. The van der Waals surface area contributed by atoms with Gasteiger partial charge in [0.05, 0.1) is 6.20 Å². The summed E-state index contributed by atoms with van der Waals surface area (Å²) in [6.07, 6.45) is 10.0. The van der Waals surface area contributed by atoms with E-state index in [1.54, 1.807) is 6.20 Å². The fraction of sp³-hybridized carbons (Fsp3) is 0.692. The molecule has 1 saturated carbocycles. The first kappa shape index (κ1) is 12.1. The number of rotatable bonds is 4. The Morgan fingerprint density at radius 3 is 2.88 bits per heavy atom. The van der Waals surface area contributed by atoms with Gasteiger partial charge in [-0.05, 0) is 19.3 Å². The van der Waals surface area contributed by atoms with E-state index in [1.165, 1.54) is 32.1 Å². The van der Waals surface area contributed by atoms with Gasteiger partial charge in [0, 0.05) is 12.0 Å². The van der Waals surface area contributed by atoms with Gasteiger partial charge >= 0.3 is 0 Å². The first-order valence-corrected chi connectivity index (χ1v) is 6.55. The molecule has 1 aliphatic carbocycles. The summed E-state index contributed by atoms with van der Waals surface area (Å²) in [6, 6.07) is 0. The molecule has 17 heavy (non-hydrogen) atoms. The van der Waals surface area contributed by atoms with Crippen molar-refractivity contribution in [2.24, 2.45) is 5.92 Å². The van der Waals surface area contributed by atoms with Gasteiger partial charge in [0.2, 0.25) is 5.91 Å². The molecule has 0 aromatic carbocycles. The van der Waals surface area contributed by atoms with Crippen LogP contribution in [-0.4, -0.2) is 16.1 Å². The van der Waals surface area contributed by atoms with E-state index in [0.29, 0.717) is 6.42 Å². The molecule has 4 heteroatoms. The summed E-state index contributed by atoms with van der Waals surface area (Å²) in [4.78, 5) is 11.7. The van der Waals surface area contributed by atoms with Crippen LogP contribution >= 0.6 is 0 Å². The number of nitrogens with one attached hydrogen (secondary N) is 2. The van der Waals surface area contributed by atoms with Gasteiger partial charge in [0.1, 0.15) is 5.82 Å². The Kier molecular flexibility index (Phi) is 4.18. The number of anilines is 1. The van der Waals surface area contributed by atoms with Crippen molar-refractivity contribution in [3.63, 3.8) is 0 Å². The van der Waals surface area contributed by atoms with Gasteiger partial charge in [-0.15, -0.1) is 0 Å². The molecule has 0 bridgehead atoms. The van der Waals surface area contributed by atoms with Gasteiger partial charge < -0.3 is 5.32 Å². The van der Waals surface area contributed by atoms with E-state index in [4.69, 9.17) is 0 Å². The number of carbonyl (C=O) groups excluding carboxylic acids is 1. The number of H-pyrrole nitrogens is 1. The Balaban J connectivity index is 1.72. The minimum absolute atomic E-state index is 0.0999. The third-order valence-corrected chi connectivity index (χ3v) is 3.60. The molecular formula is C13H21N3O. The van der Waals surface area contributed by atoms with Crippen molar-refractivity contribution >= 4 is 11.7 Å². The van der Waals surface area contributed by atoms with Crippen molar-refractivity contribution in [2.45, 2.75) is 51.9 Å². The maximum absolute atomic E-state index is 11.7. The third kappa shape index (κ3) is 3.58. The number of aromatic amines is 1. The van der Waals surface area contributed by atoms with E-state index in [-0.39, 0.29) is 5.91 Å². The molecular weight excluding hydrogens is 214 g/mol. The summed E-state index contributed by atoms with van der Waals surface area (Å²) >= 11 is 0. The molecule has 1 aromatic heterocycles. The molecule has 2 rings (SSSR count). The number of nitrogens with zero attached hydrogens (tertiary/aromatic N) is 1. The highest BCUT2D eigenvalue weighted by atomic mass is 16.1. The Bertz CT molecular complexity index is 366. The molecule has 1 aromatic rings. The summed E-state index contributed by atoms with van der Waals surface area (Å²) in [5, 5.41) is 9.55. The summed E-state index contributed by atoms with van der Waals surface area (Å²) in [7, 11) is 0. The van der Waals surface area contributed by atoms with Crippen LogP contribution in [0.1, 0.15) is 50.5 Å². The van der Waals surface area contributed by atoms with Crippen LogP contribution in [0.25, 0.3) is 0 Å². The molecule has 0 saturated heterocycles. The number of carbonyl (C=O) groups is 1. The molecule has 4 nitrogen and oxygen atoms in total. The van der Waals surface area contributed by atoms with Crippen LogP contribution in [0.5, 0.6) is 0 Å². The maximum Gasteiger partial charge on any atom is 0.225 e. The van der Waals surface area contributed by atoms with Crippen molar-refractivity contribution in [3.05, 3.63) is 11.8 Å². The lowest BCUT2D eigenvalue weighted by atomic mass is 9.86. The Hall–Kier alpha value is -1.32. The predicted octanol–water partition coefficient (Wildman–Crippen LogP) is 3.02. The normalized spacial score (nSPS) is 17.0. The molecule has 1 fully saturated rings. The zero-order chi connectivity index (χ0) is 12.1. The van der Waals surface area contributed by atoms with Gasteiger partial charge in [-0.3, -0.25) is 9.89 Å². The molecule has 0 aliphatic heterocycles. The monoisotopic (exact) mass is 235 g/mol. The predicted molar refractivity (Wildman–Crippen MR) is 67.8 cm³/mol. The second-order valence-corrected chi connectivity index (χ2v) is 5.02. The fourth-order valence-corrected chi connectivity index (χ4v) is 2.49. The van der Waals surface area contributed by atoms with Gasteiger partial charge in [-0.25, -0.2) is 0 Å². The SMILES string of the molecule is Cc1cn[nH]c1NC(=O)CCC1CCCCC1. The Morgan fingerprint density at radius 1 is 1.47 bits per heavy atom. The lowest BCUT2D eigenvalue weighted by Crippen LogP contribution is -2.15. The molecule has 1 aliphatic rings. The molecule has 1 amide bonds. The van der Waals surface area contributed by atoms with Crippen LogP contribution in [0.2, 0.25) is 0 Å². The topological polar surface area (TPSA) is 57.8 Å². The van der Waals surface area contributed by atoms with Crippen LogP contribution in [0.15, 0.2) is 6.20 Å². The second-order valence-electron chi connectivity index (χ2n) is 5.02. The van der Waals surface area contributed by atoms with E-state index < -0.39 is 0 Å². The van der Waals surface area contributed by atoms with E-state index in [9.17, 15) is 4.79 Å². The summed E-state index contributed by atoms with van der Waals surface area (Å²) in [6.45, 7) is 1.93. The average molecular weight is 235 g/mol. The summed E-state index contributed by atoms with van der Waals surface area (Å²) in [5.41, 5.74) is 0.982. The van der Waals surface area contributed by atoms with Crippen LogP contribution in [0.4, 0.5) is 5.82 Å². The quantitative estimate of drug-likeness (QED) is 0.842. The number of aromatic nitrogens is 2. The van der Waals surface area contributed by atoms with Gasteiger partial charge in [-0.2, -0.15) is 5.10 Å². The fourth-order valence-electron chi connectivity index (χ4n) is 2.49. The Labute approximate surface area is 102 Å². The number of amides is 1. The first-order valence-electron chi connectivity index (χ1n) is 6.55. The largest absolute Gasteiger partial charge is 0.311 e.